The van der Waals surface area contributed by atoms with Crippen molar-refractivity contribution in [3.63, 3.8) is 0 Å². The molecule has 6 rings (SSSR count). The molecule has 5 heterocycles. The van der Waals surface area contributed by atoms with Gasteiger partial charge in [-0.1, -0.05) is 0 Å². The van der Waals surface area contributed by atoms with E-state index in [0.29, 0.717) is 24.4 Å². The van der Waals surface area contributed by atoms with Gasteiger partial charge in [0.05, 0.1) is 23.4 Å². The van der Waals surface area contributed by atoms with E-state index in [1.807, 2.05) is 0 Å². The second-order valence-corrected chi connectivity index (χ2v) is 7.98. The van der Waals surface area contributed by atoms with Gasteiger partial charge in [0, 0.05) is 25.0 Å². The summed E-state index contributed by atoms with van der Waals surface area (Å²) < 4.78 is 49.7. The van der Waals surface area contributed by atoms with Crippen molar-refractivity contribution in [2.45, 2.75) is 37.6 Å². The van der Waals surface area contributed by atoms with E-state index in [9.17, 15) is 18.0 Å². The number of hydrogen-bond donors (Lipinski definition) is 0. The van der Waals surface area contributed by atoms with E-state index in [1.165, 1.54) is 18.5 Å². The summed E-state index contributed by atoms with van der Waals surface area (Å²) in [7, 11) is 0. The zero-order valence-electron chi connectivity index (χ0n) is 16.8. The lowest BCUT2D eigenvalue weighted by Crippen LogP contribution is -2.59. The number of halogens is 3. The van der Waals surface area contributed by atoms with Gasteiger partial charge in [0.15, 0.2) is 0 Å². The van der Waals surface area contributed by atoms with Crippen molar-refractivity contribution in [2.24, 2.45) is 5.92 Å². The zero-order chi connectivity index (χ0) is 22.3. The maximum absolute atomic E-state index is 13.5. The fourth-order valence-electron chi connectivity index (χ4n) is 4.51. The topological polar surface area (TPSA) is 81.4 Å². The van der Waals surface area contributed by atoms with E-state index in [-0.39, 0.29) is 35.5 Å². The van der Waals surface area contributed by atoms with Crippen LogP contribution in [0.5, 0.6) is 5.88 Å². The number of ether oxygens (including phenoxy) is 1. The highest BCUT2D eigenvalue weighted by atomic mass is 19.4. The molecule has 2 saturated heterocycles. The number of fused-ring (bicyclic) bond motifs is 3. The van der Waals surface area contributed by atoms with Gasteiger partial charge in [-0.3, -0.25) is 9.78 Å². The normalized spacial score (nSPS) is 22.7. The standard InChI is InChI=1S/C22H19F3N4O3/c23-22(24,25)14-4-6-18(28-11-14)32-17-10-13-3-5-16(17)29(12-13)21(30)19-15(2-1-7-26-19)20-27-8-9-31-20/h1-2,4,6-9,11,13,16-17H,3,5,10,12H2. The number of carbonyl (C=O) groups excluding carboxylic acids is 1. The SMILES string of the molecule is O=C(c1ncccc1-c1ncco1)N1CC2CCC1C(Oc1ccc(C(F)(F)F)cn1)C2. The second kappa shape index (κ2) is 7.92. The minimum Gasteiger partial charge on any atom is -0.472 e. The van der Waals surface area contributed by atoms with E-state index in [4.69, 9.17) is 9.15 Å². The molecule has 32 heavy (non-hydrogen) atoms. The molecule has 0 N–H and O–H groups in total. The van der Waals surface area contributed by atoms with Crippen LogP contribution in [0.2, 0.25) is 0 Å². The molecule has 3 fully saturated rings. The molecule has 10 heteroatoms. The average Bonchev–Trinajstić information content (AvgIpc) is 3.33. The number of hydrogen-bond acceptors (Lipinski definition) is 6. The molecule has 2 aliphatic heterocycles. The number of carbonyl (C=O) groups is 1. The van der Waals surface area contributed by atoms with Crippen molar-refractivity contribution in [3.8, 4) is 17.3 Å². The molecule has 3 unspecified atom stereocenters. The Bertz CT molecular complexity index is 1100. The quantitative estimate of drug-likeness (QED) is 0.599. The molecule has 0 radical (unpaired) electrons. The Morgan fingerprint density at radius 1 is 1.12 bits per heavy atom. The summed E-state index contributed by atoms with van der Waals surface area (Å²) >= 11 is 0. The molecule has 3 aliphatic rings. The maximum Gasteiger partial charge on any atom is 0.417 e. The molecule has 3 aromatic heterocycles. The van der Waals surface area contributed by atoms with Gasteiger partial charge < -0.3 is 14.1 Å². The van der Waals surface area contributed by atoms with Crippen LogP contribution < -0.4 is 4.74 Å². The third-order valence-corrected chi connectivity index (χ3v) is 5.99. The highest BCUT2D eigenvalue weighted by Crippen LogP contribution is 2.38. The smallest absolute Gasteiger partial charge is 0.417 e. The molecule has 166 valence electrons. The number of alkyl halides is 3. The Kier molecular flexibility index (Phi) is 5.07. The Morgan fingerprint density at radius 3 is 2.69 bits per heavy atom. The van der Waals surface area contributed by atoms with Crippen molar-refractivity contribution >= 4 is 5.91 Å². The number of rotatable bonds is 4. The molecular weight excluding hydrogens is 425 g/mol. The number of piperidine rings is 2. The number of aromatic nitrogens is 3. The Balaban J connectivity index is 1.37. The lowest BCUT2D eigenvalue weighted by molar-refractivity contribution is -0.137. The van der Waals surface area contributed by atoms with Crippen molar-refractivity contribution in [2.75, 3.05) is 6.54 Å². The fourth-order valence-corrected chi connectivity index (χ4v) is 4.51. The van der Waals surface area contributed by atoms with Gasteiger partial charge in [0.25, 0.3) is 5.91 Å². The monoisotopic (exact) mass is 444 g/mol. The number of pyridine rings is 2. The minimum atomic E-state index is -4.46. The first-order valence-electron chi connectivity index (χ1n) is 10.3. The van der Waals surface area contributed by atoms with Crippen LogP contribution in [0.1, 0.15) is 35.3 Å². The summed E-state index contributed by atoms with van der Waals surface area (Å²) in [4.78, 5) is 27.4. The molecule has 1 saturated carbocycles. The third-order valence-electron chi connectivity index (χ3n) is 5.99. The van der Waals surface area contributed by atoms with E-state index >= 15 is 0 Å². The van der Waals surface area contributed by atoms with Crippen molar-refractivity contribution in [3.05, 3.63) is 60.4 Å². The van der Waals surface area contributed by atoms with Gasteiger partial charge in [-0.2, -0.15) is 13.2 Å². The predicted molar refractivity (Wildman–Crippen MR) is 106 cm³/mol. The first kappa shape index (κ1) is 20.5. The van der Waals surface area contributed by atoms with Crippen molar-refractivity contribution in [1.82, 2.24) is 19.9 Å². The van der Waals surface area contributed by atoms with Gasteiger partial charge in [-0.05, 0) is 43.4 Å². The number of oxazole rings is 1. The lowest BCUT2D eigenvalue weighted by Gasteiger charge is -2.49. The summed E-state index contributed by atoms with van der Waals surface area (Å²) in [6.07, 6.45) is 2.84. The first-order chi connectivity index (χ1) is 15.4. The lowest BCUT2D eigenvalue weighted by atomic mass is 9.77. The van der Waals surface area contributed by atoms with E-state index < -0.39 is 11.7 Å². The van der Waals surface area contributed by atoms with Crippen LogP contribution in [-0.4, -0.2) is 44.4 Å². The molecule has 1 aliphatic carbocycles. The van der Waals surface area contributed by atoms with Gasteiger partial charge in [0.1, 0.15) is 18.1 Å². The van der Waals surface area contributed by atoms with Gasteiger partial charge in [0.2, 0.25) is 11.8 Å². The van der Waals surface area contributed by atoms with Crippen LogP contribution in [-0.2, 0) is 6.18 Å². The largest absolute Gasteiger partial charge is 0.472 e. The van der Waals surface area contributed by atoms with Crippen LogP contribution in [0.4, 0.5) is 13.2 Å². The van der Waals surface area contributed by atoms with Crippen LogP contribution >= 0.6 is 0 Å². The second-order valence-electron chi connectivity index (χ2n) is 7.98. The summed E-state index contributed by atoms with van der Waals surface area (Å²) in [5.41, 5.74) is -0.0826. The van der Waals surface area contributed by atoms with Crippen LogP contribution in [0, 0.1) is 5.92 Å². The van der Waals surface area contributed by atoms with Gasteiger partial charge in [-0.25, -0.2) is 9.97 Å². The molecule has 0 spiro atoms. The highest BCUT2D eigenvalue weighted by Gasteiger charge is 2.45. The summed E-state index contributed by atoms with van der Waals surface area (Å²) in [6.45, 7) is 0.575. The fraction of sp³-hybridized carbons (Fsp3) is 0.364. The molecular formula is C22H19F3N4O3. The summed E-state index contributed by atoms with van der Waals surface area (Å²) in [5, 5.41) is 0. The predicted octanol–water partition coefficient (Wildman–Crippen LogP) is 4.22. The number of amides is 1. The van der Waals surface area contributed by atoms with E-state index in [0.717, 1.165) is 25.1 Å². The first-order valence-corrected chi connectivity index (χ1v) is 10.3. The van der Waals surface area contributed by atoms with Gasteiger partial charge in [-0.15, -0.1) is 0 Å². The van der Waals surface area contributed by atoms with E-state index in [1.54, 1.807) is 23.2 Å². The average molecular weight is 444 g/mol. The van der Waals surface area contributed by atoms with Gasteiger partial charge >= 0.3 is 6.18 Å². The molecule has 3 atom stereocenters. The van der Waals surface area contributed by atoms with Crippen molar-refractivity contribution < 1.29 is 27.1 Å². The molecule has 1 amide bonds. The molecule has 3 aromatic rings. The van der Waals surface area contributed by atoms with Crippen molar-refractivity contribution in [1.29, 1.82) is 0 Å². The Hall–Kier alpha value is -3.43. The van der Waals surface area contributed by atoms with Crippen LogP contribution in [0.3, 0.4) is 0 Å². The molecule has 0 aromatic carbocycles. The zero-order valence-corrected chi connectivity index (χ0v) is 16.8. The van der Waals surface area contributed by atoms with Crippen LogP contribution in [0.25, 0.3) is 11.5 Å². The van der Waals surface area contributed by atoms with E-state index in [2.05, 4.69) is 15.0 Å². The molecule has 2 bridgehead atoms. The third kappa shape index (κ3) is 3.80. The Labute approximate surface area is 181 Å². The summed E-state index contributed by atoms with van der Waals surface area (Å²) in [6, 6.07) is 5.38. The minimum absolute atomic E-state index is 0.112. The summed E-state index contributed by atoms with van der Waals surface area (Å²) in [5.74, 6) is 0.408. The Morgan fingerprint density at radius 2 is 2.00 bits per heavy atom. The van der Waals surface area contributed by atoms with Crippen LogP contribution in [0.15, 0.2) is 53.5 Å². The molecule has 7 nitrogen and oxygen atoms in total. The number of nitrogens with zero attached hydrogens (tertiary/aromatic N) is 4. The maximum atomic E-state index is 13.5. The highest BCUT2D eigenvalue weighted by molar-refractivity contribution is 5.98.